The highest BCUT2D eigenvalue weighted by atomic mass is 16.5. The number of ether oxygens (including phenoxy) is 1. The highest BCUT2D eigenvalue weighted by Crippen LogP contribution is 2.25. The third-order valence-electron chi connectivity index (χ3n) is 3.36. The maximum absolute atomic E-state index is 5.77. The predicted molar refractivity (Wildman–Crippen MR) is 63.3 cm³/mol. The van der Waals surface area contributed by atoms with E-state index >= 15 is 0 Å². The molecule has 16 heavy (non-hydrogen) atoms. The summed E-state index contributed by atoms with van der Waals surface area (Å²) in [5.74, 6) is 0.601. The molecule has 0 aliphatic carbocycles. The molecule has 2 unspecified atom stereocenters. The van der Waals surface area contributed by atoms with Gasteiger partial charge in [0.1, 0.15) is 6.10 Å². The first kappa shape index (κ1) is 11.6. The van der Waals surface area contributed by atoms with Gasteiger partial charge in [-0.2, -0.15) is 0 Å². The number of morpholine rings is 1. The van der Waals surface area contributed by atoms with Gasteiger partial charge >= 0.3 is 0 Å². The smallest absolute Gasteiger partial charge is 0.111 e. The number of hydrogen-bond donors (Lipinski definition) is 1. The van der Waals surface area contributed by atoms with Crippen LogP contribution >= 0.6 is 0 Å². The quantitative estimate of drug-likeness (QED) is 0.848. The summed E-state index contributed by atoms with van der Waals surface area (Å²) >= 11 is 0. The van der Waals surface area contributed by atoms with Crippen molar-refractivity contribution in [2.45, 2.75) is 32.9 Å². The number of imidazole rings is 1. The maximum atomic E-state index is 5.77. The highest BCUT2D eigenvalue weighted by Gasteiger charge is 2.22. The number of nitrogens with zero attached hydrogens (tertiary/aromatic N) is 2. The van der Waals surface area contributed by atoms with Crippen LogP contribution in [0.3, 0.4) is 0 Å². The van der Waals surface area contributed by atoms with Crippen LogP contribution in [0.2, 0.25) is 0 Å². The standard InChI is InChI=1S/C12H21N3O/c1-9(2)10(3)15-8-14-6-11(15)12-7-13-4-5-16-12/h6,8-10,12-13H,4-5,7H2,1-3H3. The summed E-state index contributed by atoms with van der Waals surface area (Å²) in [6, 6.07) is 0.461. The van der Waals surface area contributed by atoms with Gasteiger partial charge in [0, 0.05) is 19.1 Å². The van der Waals surface area contributed by atoms with Gasteiger partial charge in [-0.1, -0.05) is 13.8 Å². The summed E-state index contributed by atoms with van der Waals surface area (Å²) in [7, 11) is 0. The van der Waals surface area contributed by atoms with E-state index in [4.69, 9.17) is 4.74 Å². The topological polar surface area (TPSA) is 39.1 Å². The molecule has 1 aromatic rings. The molecule has 0 spiro atoms. The van der Waals surface area contributed by atoms with Gasteiger partial charge in [-0.3, -0.25) is 0 Å². The van der Waals surface area contributed by atoms with Crippen LogP contribution < -0.4 is 5.32 Å². The van der Waals surface area contributed by atoms with E-state index in [1.807, 2.05) is 12.5 Å². The SMILES string of the molecule is CC(C)C(C)n1cncc1C1CNCCO1. The molecule has 4 nitrogen and oxygen atoms in total. The zero-order valence-corrected chi connectivity index (χ0v) is 10.3. The van der Waals surface area contributed by atoms with Gasteiger partial charge in [0.2, 0.25) is 0 Å². The van der Waals surface area contributed by atoms with Crippen LogP contribution in [0.25, 0.3) is 0 Å². The number of aromatic nitrogens is 2. The van der Waals surface area contributed by atoms with Crippen LogP contribution in [0, 0.1) is 5.92 Å². The van der Waals surface area contributed by atoms with Crippen LogP contribution in [-0.4, -0.2) is 29.2 Å². The summed E-state index contributed by atoms with van der Waals surface area (Å²) in [6.07, 6.45) is 3.99. The van der Waals surface area contributed by atoms with Crippen LogP contribution in [0.4, 0.5) is 0 Å². The molecule has 1 saturated heterocycles. The molecule has 1 aromatic heterocycles. The molecule has 0 amide bonds. The van der Waals surface area contributed by atoms with Crippen molar-refractivity contribution in [1.82, 2.24) is 14.9 Å². The minimum atomic E-state index is 0.150. The fourth-order valence-corrected chi connectivity index (χ4v) is 1.98. The van der Waals surface area contributed by atoms with Crippen LogP contribution in [0.5, 0.6) is 0 Å². The summed E-state index contributed by atoms with van der Waals surface area (Å²) in [5.41, 5.74) is 1.19. The first-order valence-electron chi connectivity index (χ1n) is 6.04. The Morgan fingerprint density at radius 1 is 1.50 bits per heavy atom. The molecule has 2 rings (SSSR count). The van der Waals surface area contributed by atoms with E-state index in [9.17, 15) is 0 Å². The summed E-state index contributed by atoms with van der Waals surface area (Å²) in [6.45, 7) is 9.31. The van der Waals surface area contributed by atoms with E-state index in [1.165, 1.54) is 5.69 Å². The zero-order chi connectivity index (χ0) is 11.5. The molecular weight excluding hydrogens is 202 g/mol. The van der Waals surface area contributed by atoms with Crippen molar-refractivity contribution >= 4 is 0 Å². The van der Waals surface area contributed by atoms with Gasteiger partial charge in [0.05, 0.1) is 24.8 Å². The molecule has 0 bridgehead atoms. The highest BCUT2D eigenvalue weighted by molar-refractivity contribution is 5.06. The monoisotopic (exact) mass is 223 g/mol. The normalized spacial score (nSPS) is 23.6. The summed E-state index contributed by atoms with van der Waals surface area (Å²) in [5, 5.41) is 3.35. The Labute approximate surface area is 97.0 Å². The van der Waals surface area contributed by atoms with E-state index in [0.29, 0.717) is 12.0 Å². The summed E-state index contributed by atoms with van der Waals surface area (Å²) < 4.78 is 8.01. The number of hydrogen-bond acceptors (Lipinski definition) is 3. The Morgan fingerprint density at radius 3 is 2.94 bits per heavy atom. The van der Waals surface area contributed by atoms with Crippen molar-refractivity contribution in [3.05, 3.63) is 18.2 Å². The van der Waals surface area contributed by atoms with E-state index < -0.39 is 0 Å². The minimum Gasteiger partial charge on any atom is -0.369 e. The first-order chi connectivity index (χ1) is 7.70. The number of nitrogens with one attached hydrogen (secondary N) is 1. The molecule has 1 aliphatic heterocycles. The Hall–Kier alpha value is -0.870. The zero-order valence-electron chi connectivity index (χ0n) is 10.3. The van der Waals surface area contributed by atoms with E-state index in [0.717, 1.165) is 19.7 Å². The lowest BCUT2D eigenvalue weighted by Gasteiger charge is -2.27. The fraction of sp³-hybridized carbons (Fsp3) is 0.750. The molecular formula is C12H21N3O. The molecule has 0 radical (unpaired) electrons. The molecule has 1 fully saturated rings. The van der Waals surface area contributed by atoms with Crippen molar-refractivity contribution < 1.29 is 4.74 Å². The van der Waals surface area contributed by atoms with Gasteiger partial charge in [0.25, 0.3) is 0 Å². The largest absolute Gasteiger partial charge is 0.369 e. The second kappa shape index (κ2) is 4.97. The van der Waals surface area contributed by atoms with Crippen LogP contribution in [-0.2, 0) is 4.74 Å². The fourth-order valence-electron chi connectivity index (χ4n) is 1.98. The van der Waals surface area contributed by atoms with E-state index in [-0.39, 0.29) is 6.10 Å². The van der Waals surface area contributed by atoms with Gasteiger partial charge in [-0.15, -0.1) is 0 Å². The first-order valence-corrected chi connectivity index (χ1v) is 6.04. The van der Waals surface area contributed by atoms with Crippen LogP contribution in [0.15, 0.2) is 12.5 Å². The lowest BCUT2D eigenvalue weighted by atomic mass is 10.1. The Balaban J connectivity index is 2.17. The van der Waals surface area contributed by atoms with Gasteiger partial charge in [0.15, 0.2) is 0 Å². The lowest BCUT2D eigenvalue weighted by molar-refractivity contribution is 0.0216. The number of rotatable bonds is 3. The van der Waals surface area contributed by atoms with Crippen LogP contribution in [0.1, 0.15) is 38.6 Å². The molecule has 90 valence electrons. The lowest BCUT2D eigenvalue weighted by Crippen LogP contribution is -2.34. The van der Waals surface area contributed by atoms with Gasteiger partial charge < -0.3 is 14.6 Å². The Kier molecular flexibility index (Phi) is 3.61. The minimum absolute atomic E-state index is 0.150. The van der Waals surface area contributed by atoms with Crippen molar-refractivity contribution in [3.8, 4) is 0 Å². The average Bonchev–Trinajstić information content (AvgIpc) is 2.77. The molecule has 1 N–H and O–H groups in total. The third-order valence-corrected chi connectivity index (χ3v) is 3.36. The molecule has 1 aliphatic rings. The van der Waals surface area contributed by atoms with Crippen molar-refractivity contribution in [2.75, 3.05) is 19.7 Å². The van der Waals surface area contributed by atoms with Crippen molar-refractivity contribution in [1.29, 1.82) is 0 Å². The predicted octanol–water partition coefficient (Wildman–Crippen LogP) is 1.76. The third kappa shape index (κ3) is 2.28. The van der Waals surface area contributed by atoms with Gasteiger partial charge in [-0.25, -0.2) is 4.98 Å². The Morgan fingerprint density at radius 2 is 2.31 bits per heavy atom. The molecule has 4 heteroatoms. The molecule has 0 saturated carbocycles. The Bertz CT molecular complexity index is 329. The molecule has 0 aromatic carbocycles. The van der Waals surface area contributed by atoms with Crippen molar-refractivity contribution in [3.63, 3.8) is 0 Å². The average molecular weight is 223 g/mol. The second-order valence-corrected chi connectivity index (χ2v) is 4.77. The van der Waals surface area contributed by atoms with Gasteiger partial charge in [-0.05, 0) is 12.8 Å². The second-order valence-electron chi connectivity index (χ2n) is 4.77. The molecule has 2 heterocycles. The maximum Gasteiger partial charge on any atom is 0.111 e. The van der Waals surface area contributed by atoms with Crippen molar-refractivity contribution in [2.24, 2.45) is 5.92 Å². The van der Waals surface area contributed by atoms with E-state index in [1.54, 1.807) is 0 Å². The van der Waals surface area contributed by atoms with E-state index in [2.05, 4.69) is 35.6 Å². The summed E-state index contributed by atoms with van der Waals surface area (Å²) in [4.78, 5) is 4.26. The molecule has 2 atom stereocenters.